The molecule has 9 heteroatoms. The second kappa shape index (κ2) is 10.9. The highest BCUT2D eigenvalue weighted by molar-refractivity contribution is 6.05. The van der Waals surface area contributed by atoms with Crippen molar-refractivity contribution in [1.82, 2.24) is 5.32 Å². The lowest BCUT2D eigenvalue weighted by molar-refractivity contribution is -0.137. The van der Waals surface area contributed by atoms with E-state index in [2.05, 4.69) is 16.0 Å². The Bertz CT molecular complexity index is 1220. The van der Waals surface area contributed by atoms with Crippen LogP contribution in [0.2, 0.25) is 0 Å². The fourth-order valence-corrected chi connectivity index (χ4v) is 3.41. The summed E-state index contributed by atoms with van der Waals surface area (Å²) in [5, 5.41) is 7.89. The summed E-state index contributed by atoms with van der Waals surface area (Å²) < 4.78 is 38.7. The molecule has 182 valence electrons. The van der Waals surface area contributed by atoms with Crippen molar-refractivity contribution in [2.24, 2.45) is 0 Å². The lowest BCUT2D eigenvalue weighted by Gasteiger charge is -2.18. The third-order valence-electron chi connectivity index (χ3n) is 5.10. The number of carbonyl (C=O) groups is 3. The smallest absolute Gasteiger partial charge is 0.349 e. The van der Waals surface area contributed by atoms with Crippen molar-refractivity contribution in [3.63, 3.8) is 0 Å². The minimum absolute atomic E-state index is 0.00416. The molecule has 0 heterocycles. The van der Waals surface area contributed by atoms with Gasteiger partial charge in [0.2, 0.25) is 11.8 Å². The first-order chi connectivity index (χ1) is 16.5. The average Bonchev–Trinajstić information content (AvgIpc) is 2.78. The number of carbonyl (C=O) groups excluding carboxylic acids is 3. The fraction of sp³-hybridized carbons (Fsp3) is 0.192. The van der Waals surface area contributed by atoms with E-state index >= 15 is 0 Å². The van der Waals surface area contributed by atoms with Crippen LogP contribution >= 0.6 is 0 Å². The van der Waals surface area contributed by atoms with Crippen LogP contribution in [0, 0.1) is 6.92 Å². The summed E-state index contributed by atoms with van der Waals surface area (Å²) in [5.74, 6) is -1.30. The van der Waals surface area contributed by atoms with Crippen molar-refractivity contribution in [1.29, 1.82) is 0 Å². The van der Waals surface area contributed by atoms with E-state index in [0.717, 1.165) is 23.3 Å². The third kappa shape index (κ3) is 7.43. The largest absolute Gasteiger partial charge is 0.416 e. The summed E-state index contributed by atoms with van der Waals surface area (Å²) in [6, 6.07) is 17.2. The molecule has 3 amide bonds. The lowest BCUT2D eigenvalue weighted by atomic mass is 10.0. The first kappa shape index (κ1) is 25.5. The van der Waals surface area contributed by atoms with E-state index in [1.807, 2.05) is 31.2 Å². The predicted octanol–water partition coefficient (Wildman–Crippen LogP) is 5.47. The molecule has 0 aromatic heterocycles. The zero-order valence-corrected chi connectivity index (χ0v) is 19.1. The van der Waals surface area contributed by atoms with Gasteiger partial charge in [-0.3, -0.25) is 14.4 Å². The quantitative estimate of drug-likeness (QED) is 0.416. The van der Waals surface area contributed by atoms with Gasteiger partial charge in [-0.1, -0.05) is 42.0 Å². The van der Waals surface area contributed by atoms with Crippen molar-refractivity contribution < 1.29 is 27.6 Å². The molecule has 3 aromatic rings. The number of benzene rings is 3. The van der Waals surface area contributed by atoms with E-state index in [9.17, 15) is 27.6 Å². The van der Waals surface area contributed by atoms with E-state index < -0.39 is 23.7 Å². The molecule has 0 aliphatic heterocycles. The topological polar surface area (TPSA) is 87.3 Å². The van der Waals surface area contributed by atoms with E-state index in [1.54, 1.807) is 12.1 Å². The first-order valence-corrected chi connectivity index (χ1v) is 10.7. The van der Waals surface area contributed by atoms with Crippen molar-refractivity contribution >= 4 is 29.1 Å². The molecule has 1 unspecified atom stereocenters. The number of alkyl halides is 3. The Kier molecular flexibility index (Phi) is 7.91. The van der Waals surface area contributed by atoms with Gasteiger partial charge in [0.15, 0.2) is 0 Å². The van der Waals surface area contributed by atoms with Crippen molar-refractivity contribution in [2.75, 3.05) is 10.6 Å². The van der Waals surface area contributed by atoms with Crippen molar-refractivity contribution in [3.05, 3.63) is 95.1 Å². The molecule has 3 aromatic carbocycles. The minimum Gasteiger partial charge on any atom is -0.349 e. The van der Waals surface area contributed by atoms with Gasteiger partial charge in [-0.25, -0.2) is 0 Å². The van der Waals surface area contributed by atoms with Gasteiger partial charge in [-0.15, -0.1) is 0 Å². The molecule has 0 fully saturated rings. The van der Waals surface area contributed by atoms with Gasteiger partial charge < -0.3 is 16.0 Å². The Hall–Kier alpha value is -4.14. The maximum absolute atomic E-state index is 12.9. The van der Waals surface area contributed by atoms with Gasteiger partial charge >= 0.3 is 6.18 Å². The molecule has 0 saturated carbocycles. The van der Waals surface area contributed by atoms with Gasteiger partial charge in [-0.05, 0) is 48.9 Å². The lowest BCUT2D eigenvalue weighted by Crippen LogP contribution is -2.29. The fourth-order valence-electron chi connectivity index (χ4n) is 3.41. The molecule has 0 saturated heterocycles. The number of aryl methyl sites for hydroxylation is 1. The van der Waals surface area contributed by atoms with E-state index in [-0.39, 0.29) is 29.5 Å². The van der Waals surface area contributed by atoms with Crippen LogP contribution in [0.25, 0.3) is 0 Å². The van der Waals surface area contributed by atoms with Gasteiger partial charge in [0, 0.05) is 23.9 Å². The zero-order chi connectivity index (χ0) is 25.6. The maximum Gasteiger partial charge on any atom is 0.416 e. The van der Waals surface area contributed by atoms with Crippen LogP contribution in [-0.2, 0) is 15.8 Å². The molecule has 0 aliphatic carbocycles. The molecule has 0 aliphatic rings. The molecule has 1 atom stereocenters. The Morgan fingerprint density at radius 2 is 1.49 bits per heavy atom. The van der Waals surface area contributed by atoms with Crippen LogP contribution in [0.3, 0.4) is 0 Å². The highest BCUT2D eigenvalue weighted by Gasteiger charge is 2.30. The van der Waals surface area contributed by atoms with Crippen LogP contribution in [0.15, 0.2) is 72.8 Å². The second-order valence-corrected chi connectivity index (χ2v) is 8.03. The molecule has 0 radical (unpaired) electrons. The van der Waals surface area contributed by atoms with Gasteiger partial charge in [-0.2, -0.15) is 13.2 Å². The number of nitrogens with one attached hydrogen (secondary N) is 3. The summed E-state index contributed by atoms with van der Waals surface area (Å²) in [7, 11) is 0. The standard InChI is InChI=1S/C26H24F3N3O3/c1-16-9-11-18(12-10-16)23(30-17(2)33)15-24(34)31-21-7-3-5-19(13-21)25(35)32-22-8-4-6-20(14-22)26(27,28)29/h3-14,23H,15H2,1-2H3,(H,30,33)(H,31,34)(H,32,35). The SMILES string of the molecule is CC(=O)NC(CC(=O)Nc1cccc(C(=O)Nc2cccc(C(F)(F)F)c2)c1)c1ccc(C)cc1. The molecule has 35 heavy (non-hydrogen) atoms. The van der Waals surface area contributed by atoms with E-state index in [0.29, 0.717) is 5.69 Å². The molecule has 0 bridgehead atoms. The van der Waals surface area contributed by atoms with Crippen molar-refractivity contribution in [3.8, 4) is 0 Å². The molecule has 0 spiro atoms. The minimum atomic E-state index is -4.53. The van der Waals surface area contributed by atoms with Gasteiger partial charge in [0.25, 0.3) is 5.91 Å². The number of hydrogen-bond donors (Lipinski definition) is 3. The Morgan fingerprint density at radius 3 is 2.11 bits per heavy atom. The molecular weight excluding hydrogens is 459 g/mol. The third-order valence-corrected chi connectivity index (χ3v) is 5.10. The Balaban J connectivity index is 1.69. The first-order valence-electron chi connectivity index (χ1n) is 10.7. The van der Waals surface area contributed by atoms with Gasteiger partial charge in [0.1, 0.15) is 0 Å². The Morgan fingerprint density at radius 1 is 0.857 bits per heavy atom. The summed E-state index contributed by atoms with van der Waals surface area (Å²) >= 11 is 0. The monoisotopic (exact) mass is 483 g/mol. The molecule has 3 N–H and O–H groups in total. The van der Waals surface area contributed by atoms with Crippen LogP contribution in [0.4, 0.5) is 24.5 Å². The highest BCUT2D eigenvalue weighted by Crippen LogP contribution is 2.30. The second-order valence-electron chi connectivity index (χ2n) is 8.03. The number of halogens is 3. The number of rotatable bonds is 7. The van der Waals surface area contributed by atoms with E-state index in [1.165, 1.54) is 31.2 Å². The molecule has 6 nitrogen and oxygen atoms in total. The van der Waals surface area contributed by atoms with Crippen LogP contribution in [-0.4, -0.2) is 17.7 Å². The van der Waals surface area contributed by atoms with E-state index in [4.69, 9.17) is 0 Å². The number of hydrogen-bond acceptors (Lipinski definition) is 3. The summed E-state index contributed by atoms with van der Waals surface area (Å²) in [5.41, 5.74) is 1.42. The van der Waals surface area contributed by atoms with Crippen LogP contribution in [0.1, 0.15) is 46.4 Å². The van der Waals surface area contributed by atoms with Crippen LogP contribution < -0.4 is 16.0 Å². The summed E-state index contributed by atoms with van der Waals surface area (Å²) in [6.07, 6.45) is -4.57. The van der Waals surface area contributed by atoms with Crippen LogP contribution in [0.5, 0.6) is 0 Å². The number of amides is 3. The Labute approximate surface area is 200 Å². The average molecular weight is 483 g/mol. The summed E-state index contributed by atoms with van der Waals surface area (Å²) in [6.45, 7) is 3.30. The summed E-state index contributed by atoms with van der Waals surface area (Å²) in [4.78, 5) is 36.9. The van der Waals surface area contributed by atoms with Crippen molar-refractivity contribution in [2.45, 2.75) is 32.5 Å². The maximum atomic E-state index is 12.9. The normalized spacial score (nSPS) is 11.9. The highest BCUT2D eigenvalue weighted by atomic mass is 19.4. The predicted molar refractivity (Wildman–Crippen MR) is 127 cm³/mol. The zero-order valence-electron chi connectivity index (χ0n) is 19.1. The molecular formula is C26H24F3N3O3. The van der Waals surface area contributed by atoms with Gasteiger partial charge in [0.05, 0.1) is 18.0 Å². The molecule has 3 rings (SSSR count). The number of anilines is 2.